The molecule has 0 radical (unpaired) electrons. The summed E-state index contributed by atoms with van der Waals surface area (Å²) >= 11 is 3.36. The van der Waals surface area contributed by atoms with Gasteiger partial charge in [-0.15, -0.1) is 0 Å². The summed E-state index contributed by atoms with van der Waals surface area (Å²) in [4.78, 5) is 12.4. The van der Waals surface area contributed by atoms with Crippen molar-refractivity contribution in [1.29, 1.82) is 0 Å². The number of anilines is 2. The summed E-state index contributed by atoms with van der Waals surface area (Å²) < 4.78 is 11.2. The van der Waals surface area contributed by atoms with Gasteiger partial charge >= 0.3 is 0 Å². The first-order valence-electron chi connectivity index (χ1n) is 6.14. The Kier molecular flexibility index (Phi) is 4.70. The number of nitrogens with one attached hydrogen (secondary N) is 1. The van der Waals surface area contributed by atoms with Crippen molar-refractivity contribution in [2.45, 2.75) is 0 Å². The van der Waals surface area contributed by atoms with Gasteiger partial charge in [0.1, 0.15) is 17.1 Å². The van der Waals surface area contributed by atoms with Crippen LogP contribution in [0.1, 0.15) is 10.4 Å². The van der Waals surface area contributed by atoms with Crippen molar-refractivity contribution in [3.63, 3.8) is 0 Å². The van der Waals surface area contributed by atoms with Gasteiger partial charge in [-0.05, 0) is 40.2 Å². The number of hydrogen-bond acceptors (Lipinski definition) is 4. The predicted octanol–water partition coefficient (Wildman–Crippen LogP) is 3.30. The van der Waals surface area contributed by atoms with Gasteiger partial charge in [-0.25, -0.2) is 0 Å². The Morgan fingerprint density at radius 1 is 1.14 bits per heavy atom. The number of ether oxygens (including phenoxy) is 2. The molecule has 0 spiro atoms. The molecule has 21 heavy (non-hydrogen) atoms. The number of benzene rings is 2. The number of carbonyl (C=O) groups excluding carboxylic acids is 1. The van der Waals surface area contributed by atoms with Gasteiger partial charge in [-0.1, -0.05) is 6.07 Å². The highest BCUT2D eigenvalue weighted by molar-refractivity contribution is 9.10. The second-order valence-corrected chi connectivity index (χ2v) is 5.08. The van der Waals surface area contributed by atoms with Gasteiger partial charge in [0.25, 0.3) is 5.91 Å². The lowest BCUT2D eigenvalue weighted by atomic mass is 10.1. The normalized spacial score (nSPS) is 10.0. The molecule has 0 aliphatic carbocycles. The van der Waals surface area contributed by atoms with Crippen LogP contribution in [0.25, 0.3) is 0 Å². The zero-order valence-electron chi connectivity index (χ0n) is 11.6. The maximum atomic E-state index is 12.4. The van der Waals surface area contributed by atoms with Crippen molar-refractivity contribution in [1.82, 2.24) is 0 Å². The van der Waals surface area contributed by atoms with Gasteiger partial charge in [0, 0.05) is 17.4 Å². The van der Waals surface area contributed by atoms with E-state index in [9.17, 15) is 4.79 Å². The molecule has 2 aromatic carbocycles. The molecule has 0 atom stereocenters. The van der Waals surface area contributed by atoms with Crippen LogP contribution in [0, 0.1) is 0 Å². The molecule has 1 amide bonds. The molecular weight excluding hydrogens is 336 g/mol. The molecule has 5 nitrogen and oxygen atoms in total. The van der Waals surface area contributed by atoms with Crippen molar-refractivity contribution in [3.8, 4) is 11.5 Å². The standard InChI is InChI=1S/C15H15BrN2O3/c1-20-12-5-3-4-11(17)14(12)15(19)18-9-6-7-10(16)13(8-9)21-2/h3-8H,17H2,1-2H3,(H,18,19). The summed E-state index contributed by atoms with van der Waals surface area (Å²) in [5.41, 5.74) is 7.13. The number of nitrogens with two attached hydrogens (primary N) is 1. The summed E-state index contributed by atoms with van der Waals surface area (Å²) in [6.07, 6.45) is 0. The molecule has 0 unspecified atom stereocenters. The Bertz CT molecular complexity index is 674. The van der Waals surface area contributed by atoms with Crippen LogP contribution in [0.15, 0.2) is 40.9 Å². The number of methoxy groups -OCH3 is 2. The Hall–Kier alpha value is -2.21. The fraction of sp³-hybridized carbons (Fsp3) is 0.133. The van der Waals surface area contributed by atoms with Crippen LogP contribution in [0.2, 0.25) is 0 Å². The van der Waals surface area contributed by atoms with E-state index in [1.807, 2.05) is 0 Å². The zero-order valence-corrected chi connectivity index (χ0v) is 13.2. The molecule has 0 aliphatic heterocycles. The van der Waals surface area contributed by atoms with Crippen LogP contribution in [0.3, 0.4) is 0 Å². The third-order valence-corrected chi connectivity index (χ3v) is 3.57. The molecule has 0 fully saturated rings. The maximum absolute atomic E-state index is 12.4. The van der Waals surface area contributed by atoms with Gasteiger partial charge in [-0.3, -0.25) is 4.79 Å². The molecule has 2 aromatic rings. The number of nitrogen functional groups attached to an aromatic ring is 1. The fourth-order valence-corrected chi connectivity index (χ4v) is 2.30. The summed E-state index contributed by atoms with van der Waals surface area (Å²) in [5, 5.41) is 2.78. The summed E-state index contributed by atoms with van der Waals surface area (Å²) in [6.45, 7) is 0. The van der Waals surface area contributed by atoms with E-state index in [1.165, 1.54) is 7.11 Å². The smallest absolute Gasteiger partial charge is 0.261 e. The highest BCUT2D eigenvalue weighted by atomic mass is 79.9. The topological polar surface area (TPSA) is 73.6 Å². The molecule has 0 saturated carbocycles. The van der Waals surface area contributed by atoms with Gasteiger partial charge in [0.15, 0.2) is 0 Å². The van der Waals surface area contributed by atoms with E-state index in [0.29, 0.717) is 28.4 Å². The van der Waals surface area contributed by atoms with E-state index < -0.39 is 0 Å². The second kappa shape index (κ2) is 6.49. The molecule has 6 heteroatoms. The Balaban J connectivity index is 2.30. The molecule has 0 bridgehead atoms. The van der Waals surface area contributed by atoms with Crippen molar-refractivity contribution < 1.29 is 14.3 Å². The first kappa shape index (κ1) is 15.2. The Labute approximate surface area is 131 Å². The zero-order chi connectivity index (χ0) is 15.4. The monoisotopic (exact) mass is 350 g/mol. The largest absolute Gasteiger partial charge is 0.496 e. The van der Waals surface area contributed by atoms with E-state index in [0.717, 1.165) is 4.47 Å². The third kappa shape index (κ3) is 3.28. The van der Waals surface area contributed by atoms with Gasteiger partial charge in [0.05, 0.1) is 18.7 Å². The van der Waals surface area contributed by atoms with E-state index >= 15 is 0 Å². The van der Waals surface area contributed by atoms with Crippen LogP contribution in [-0.2, 0) is 0 Å². The Morgan fingerprint density at radius 3 is 2.52 bits per heavy atom. The Morgan fingerprint density at radius 2 is 1.86 bits per heavy atom. The number of halogens is 1. The minimum Gasteiger partial charge on any atom is -0.496 e. The van der Waals surface area contributed by atoms with E-state index in [4.69, 9.17) is 15.2 Å². The van der Waals surface area contributed by atoms with Crippen molar-refractivity contribution >= 4 is 33.2 Å². The minimum absolute atomic E-state index is 0.307. The molecule has 0 saturated heterocycles. The first-order valence-corrected chi connectivity index (χ1v) is 6.93. The summed E-state index contributed by atoms with van der Waals surface area (Å²) in [7, 11) is 3.05. The maximum Gasteiger partial charge on any atom is 0.261 e. The van der Waals surface area contributed by atoms with E-state index in [-0.39, 0.29) is 5.91 Å². The first-order chi connectivity index (χ1) is 10.1. The quantitative estimate of drug-likeness (QED) is 0.829. The lowest BCUT2D eigenvalue weighted by molar-refractivity contribution is 0.102. The summed E-state index contributed by atoms with van der Waals surface area (Å²) in [6, 6.07) is 10.3. The van der Waals surface area contributed by atoms with Crippen molar-refractivity contribution in [3.05, 3.63) is 46.4 Å². The average Bonchev–Trinajstić information content (AvgIpc) is 2.48. The molecule has 3 N–H and O–H groups in total. The van der Waals surface area contributed by atoms with Crippen molar-refractivity contribution in [2.75, 3.05) is 25.3 Å². The SMILES string of the molecule is COc1cc(NC(=O)c2c(N)cccc2OC)ccc1Br. The number of hydrogen-bond donors (Lipinski definition) is 2. The number of amides is 1. The molecular formula is C15H15BrN2O3. The highest BCUT2D eigenvalue weighted by Crippen LogP contribution is 2.29. The lowest BCUT2D eigenvalue weighted by Crippen LogP contribution is -2.15. The molecule has 0 aliphatic rings. The van der Waals surface area contributed by atoms with Crippen LogP contribution >= 0.6 is 15.9 Å². The third-order valence-electron chi connectivity index (χ3n) is 2.91. The van der Waals surface area contributed by atoms with Crippen molar-refractivity contribution in [2.24, 2.45) is 0 Å². The predicted molar refractivity (Wildman–Crippen MR) is 86.1 cm³/mol. The molecule has 0 aromatic heterocycles. The summed E-state index contributed by atoms with van der Waals surface area (Å²) in [5.74, 6) is 0.715. The van der Waals surface area contributed by atoms with Crippen LogP contribution in [0.4, 0.5) is 11.4 Å². The van der Waals surface area contributed by atoms with Gasteiger partial charge in [0.2, 0.25) is 0 Å². The van der Waals surface area contributed by atoms with E-state index in [2.05, 4.69) is 21.2 Å². The molecule has 2 rings (SSSR count). The minimum atomic E-state index is -0.339. The van der Waals surface area contributed by atoms with Gasteiger partial charge < -0.3 is 20.5 Å². The molecule has 110 valence electrons. The average molecular weight is 351 g/mol. The second-order valence-electron chi connectivity index (χ2n) is 4.23. The van der Waals surface area contributed by atoms with E-state index in [1.54, 1.807) is 43.5 Å². The van der Waals surface area contributed by atoms with Crippen LogP contribution < -0.4 is 20.5 Å². The number of rotatable bonds is 4. The lowest BCUT2D eigenvalue weighted by Gasteiger charge is -2.12. The van der Waals surface area contributed by atoms with Crippen LogP contribution in [0.5, 0.6) is 11.5 Å². The van der Waals surface area contributed by atoms with Crippen LogP contribution in [-0.4, -0.2) is 20.1 Å². The van der Waals surface area contributed by atoms with Gasteiger partial charge in [-0.2, -0.15) is 0 Å². The fourth-order valence-electron chi connectivity index (χ4n) is 1.89. The molecule has 0 heterocycles. The number of carbonyl (C=O) groups is 1. The highest BCUT2D eigenvalue weighted by Gasteiger charge is 2.16.